The van der Waals surface area contributed by atoms with Crippen LogP contribution in [0.5, 0.6) is 5.75 Å². The molecule has 24 heavy (non-hydrogen) atoms. The van der Waals surface area contributed by atoms with Crippen LogP contribution in [-0.2, 0) is 11.2 Å². The Morgan fingerprint density at radius 1 is 1.12 bits per heavy atom. The van der Waals surface area contributed by atoms with Crippen LogP contribution < -0.4 is 10.1 Å². The number of anilines is 1. The second kappa shape index (κ2) is 8.92. The Hall–Kier alpha value is -1.75. The number of carbonyl (C=O) groups is 1. The lowest BCUT2D eigenvalue weighted by atomic mass is 10.1. The van der Waals surface area contributed by atoms with Gasteiger partial charge in [0.1, 0.15) is 5.75 Å². The molecule has 2 aromatic rings. The van der Waals surface area contributed by atoms with Crippen molar-refractivity contribution in [3.05, 3.63) is 58.1 Å². The zero-order chi connectivity index (χ0) is 17.5. The van der Waals surface area contributed by atoms with Crippen LogP contribution in [-0.4, -0.2) is 38.1 Å². The number of ether oxygens (including phenoxy) is 1. The topological polar surface area (TPSA) is 41.6 Å². The molecule has 6 heteroatoms. The van der Waals surface area contributed by atoms with Gasteiger partial charge in [0.15, 0.2) is 6.61 Å². The Kier molecular flexibility index (Phi) is 6.91. The highest BCUT2D eigenvalue weighted by Crippen LogP contribution is 2.27. The molecule has 0 aromatic heterocycles. The van der Waals surface area contributed by atoms with Gasteiger partial charge >= 0.3 is 0 Å². The van der Waals surface area contributed by atoms with Crippen LogP contribution in [0.1, 0.15) is 5.56 Å². The quantitative estimate of drug-likeness (QED) is 0.801. The number of halogens is 2. The minimum absolute atomic E-state index is 0.136. The highest BCUT2D eigenvalue weighted by Gasteiger charge is 2.07. The molecule has 2 aromatic carbocycles. The number of carbonyl (C=O) groups excluding carboxylic acids is 1. The number of hydrogen-bond donors (Lipinski definition) is 1. The van der Waals surface area contributed by atoms with E-state index in [-0.39, 0.29) is 12.5 Å². The van der Waals surface area contributed by atoms with Crippen LogP contribution in [0.25, 0.3) is 0 Å². The van der Waals surface area contributed by atoms with Gasteiger partial charge in [0, 0.05) is 23.3 Å². The number of benzene rings is 2. The van der Waals surface area contributed by atoms with Gasteiger partial charge in [-0.2, -0.15) is 0 Å². The summed E-state index contributed by atoms with van der Waals surface area (Å²) < 4.78 is 5.41. The van der Waals surface area contributed by atoms with Crippen LogP contribution in [0.2, 0.25) is 10.0 Å². The minimum Gasteiger partial charge on any atom is -0.482 e. The molecule has 1 amide bonds. The van der Waals surface area contributed by atoms with Crippen molar-refractivity contribution in [1.29, 1.82) is 0 Å². The third-order valence-corrected chi connectivity index (χ3v) is 3.88. The Balaban J connectivity index is 1.84. The van der Waals surface area contributed by atoms with E-state index in [2.05, 4.69) is 10.2 Å². The summed E-state index contributed by atoms with van der Waals surface area (Å²) in [6.45, 7) is 0.850. The SMILES string of the molecule is CN(C)CCc1ccc(NC(=O)COc2cc(Cl)ccc2Cl)cc1. The van der Waals surface area contributed by atoms with Crippen molar-refractivity contribution >= 4 is 34.8 Å². The van der Waals surface area contributed by atoms with Crippen LogP contribution in [0, 0.1) is 0 Å². The fourth-order valence-electron chi connectivity index (χ4n) is 2.04. The number of nitrogens with one attached hydrogen (secondary N) is 1. The summed E-state index contributed by atoms with van der Waals surface area (Å²) in [7, 11) is 4.08. The van der Waals surface area contributed by atoms with Crippen LogP contribution >= 0.6 is 23.2 Å². The number of rotatable bonds is 7. The van der Waals surface area contributed by atoms with Crippen molar-refractivity contribution in [3.8, 4) is 5.75 Å². The predicted octanol–water partition coefficient (Wildman–Crippen LogP) is 4.12. The molecule has 0 bridgehead atoms. The first kappa shape index (κ1) is 18.6. The number of likely N-dealkylation sites (N-methyl/N-ethyl adjacent to an activating group) is 1. The third-order valence-electron chi connectivity index (χ3n) is 3.34. The molecular formula is C18H20Cl2N2O2. The molecule has 128 valence electrons. The summed E-state index contributed by atoms with van der Waals surface area (Å²) in [6.07, 6.45) is 0.970. The first-order valence-electron chi connectivity index (χ1n) is 7.55. The van der Waals surface area contributed by atoms with E-state index in [1.54, 1.807) is 18.2 Å². The van der Waals surface area contributed by atoms with E-state index in [0.29, 0.717) is 15.8 Å². The molecule has 1 N–H and O–H groups in total. The summed E-state index contributed by atoms with van der Waals surface area (Å²) in [5, 5.41) is 3.71. The zero-order valence-corrected chi connectivity index (χ0v) is 15.2. The highest BCUT2D eigenvalue weighted by molar-refractivity contribution is 6.34. The number of amides is 1. The summed E-state index contributed by atoms with van der Waals surface area (Å²) in [5.41, 5.74) is 1.96. The predicted molar refractivity (Wildman–Crippen MR) is 99.3 cm³/mol. The average Bonchev–Trinajstić information content (AvgIpc) is 2.55. The van der Waals surface area contributed by atoms with E-state index in [1.807, 2.05) is 38.4 Å². The first-order valence-corrected chi connectivity index (χ1v) is 8.31. The van der Waals surface area contributed by atoms with Crippen molar-refractivity contribution in [2.75, 3.05) is 32.6 Å². The summed E-state index contributed by atoms with van der Waals surface area (Å²) in [4.78, 5) is 14.1. The molecule has 0 saturated heterocycles. The second-order valence-electron chi connectivity index (χ2n) is 5.66. The molecule has 2 rings (SSSR count). The van der Waals surface area contributed by atoms with E-state index < -0.39 is 0 Å². The van der Waals surface area contributed by atoms with Crippen molar-refractivity contribution in [2.24, 2.45) is 0 Å². The molecule has 0 aliphatic heterocycles. The smallest absolute Gasteiger partial charge is 0.262 e. The van der Waals surface area contributed by atoms with Crippen LogP contribution in [0.3, 0.4) is 0 Å². The monoisotopic (exact) mass is 366 g/mol. The van der Waals surface area contributed by atoms with Crippen LogP contribution in [0.4, 0.5) is 5.69 Å². The summed E-state index contributed by atoms with van der Waals surface area (Å²) in [5.74, 6) is 0.130. The molecule has 0 spiro atoms. The van der Waals surface area contributed by atoms with Crippen molar-refractivity contribution in [3.63, 3.8) is 0 Å². The molecule has 0 fully saturated rings. The Bertz CT molecular complexity index is 688. The minimum atomic E-state index is -0.257. The van der Waals surface area contributed by atoms with Gasteiger partial charge in [-0.1, -0.05) is 35.3 Å². The Morgan fingerprint density at radius 2 is 1.83 bits per heavy atom. The summed E-state index contributed by atoms with van der Waals surface area (Å²) in [6, 6.07) is 12.7. The molecule has 0 heterocycles. The first-order chi connectivity index (χ1) is 11.4. The lowest BCUT2D eigenvalue weighted by Gasteiger charge is -2.11. The van der Waals surface area contributed by atoms with Crippen molar-refractivity contribution < 1.29 is 9.53 Å². The Morgan fingerprint density at radius 3 is 2.50 bits per heavy atom. The summed E-state index contributed by atoms with van der Waals surface area (Å²) >= 11 is 11.9. The van der Waals surface area contributed by atoms with Gasteiger partial charge in [0.05, 0.1) is 5.02 Å². The maximum atomic E-state index is 12.0. The second-order valence-corrected chi connectivity index (χ2v) is 6.51. The molecular weight excluding hydrogens is 347 g/mol. The van der Waals surface area contributed by atoms with E-state index in [4.69, 9.17) is 27.9 Å². The van der Waals surface area contributed by atoms with E-state index in [1.165, 1.54) is 5.56 Å². The molecule has 0 saturated carbocycles. The average molecular weight is 367 g/mol. The molecule has 0 aliphatic carbocycles. The van der Waals surface area contributed by atoms with E-state index in [9.17, 15) is 4.79 Å². The van der Waals surface area contributed by atoms with E-state index >= 15 is 0 Å². The van der Waals surface area contributed by atoms with Crippen molar-refractivity contribution in [2.45, 2.75) is 6.42 Å². The maximum Gasteiger partial charge on any atom is 0.262 e. The zero-order valence-electron chi connectivity index (χ0n) is 13.7. The Labute approximate surface area is 152 Å². The van der Waals surface area contributed by atoms with Gasteiger partial charge in [-0.25, -0.2) is 0 Å². The molecule has 0 aliphatic rings. The van der Waals surface area contributed by atoms with Gasteiger partial charge in [-0.05, 0) is 50.3 Å². The lowest BCUT2D eigenvalue weighted by Crippen LogP contribution is -2.20. The van der Waals surface area contributed by atoms with Gasteiger partial charge < -0.3 is 15.0 Å². The van der Waals surface area contributed by atoms with Gasteiger partial charge in [0.25, 0.3) is 5.91 Å². The third kappa shape index (κ3) is 6.04. The highest BCUT2D eigenvalue weighted by atomic mass is 35.5. The number of nitrogens with zero attached hydrogens (tertiary/aromatic N) is 1. The van der Waals surface area contributed by atoms with E-state index in [0.717, 1.165) is 18.7 Å². The fraction of sp³-hybridized carbons (Fsp3) is 0.278. The largest absolute Gasteiger partial charge is 0.482 e. The van der Waals surface area contributed by atoms with Gasteiger partial charge in [0.2, 0.25) is 0 Å². The maximum absolute atomic E-state index is 12.0. The molecule has 0 unspecified atom stereocenters. The number of hydrogen-bond acceptors (Lipinski definition) is 3. The molecule has 4 nitrogen and oxygen atoms in total. The fourth-order valence-corrected chi connectivity index (χ4v) is 2.37. The van der Waals surface area contributed by atoms with Gasteiger partial charge in [-0.3, -0.25) is 4.79 Å². The molecule has 0 radical (unpaired) electrons. The van der Waals surface area contributed by atoms with Crippen molar-refractivity contribution in [1.82, 2.24) is 4.90 Å². The molecule has 0 atom stereocenters. The normalized spacial score (nSPS) is 10.7. The van der Waals surface area contributed by atoms with Gasteiger partial charge in [-0.15, -0.1) is 0 Å². The van der Waals surface area contributed by atoms with Crippen LogP contribution in [0.15, 0.2) is 42.5 Å². The lowest BCUT2D eigenvalue weighted by molar-refractivity contribution is -0.118. The standard InChI is InChI=1S/C18H20Cl2N2O2/c1-22(2)10-9-13-3-6-15(7-4-13)21-18(23)12-24-17-11-14(19)5-8-16(17)20/h3-8,11H,9-10,12H2,1-2H3,(H,21,23).